The molecular weight excluding hydrogens is 254 g/mol. The van der Waals surface area contributed by atoms with E-state index in [0.717, 1.165) is 49.3 Å². The quantitative estimate of drug-likeness (QED) is 0.868. The Morgan fingerprint density at radius 2 is 1.65 bits per heavy atom. The van der Waals surface area contributed by atoms with E-state index >= 15 is 0 Å². The molecule has 1 aromatic carbocycles. The standard InChI is InChI=1S/C16H25NO3/c1-17(12-16(18)6-4-5-7-16)11-13-8-14(19-2)10-15(9-13)20-3/h8-10,18H,4-7,11-12H2,1-3H3. The highest BCUT2D eigenvalue weighted by molar-refractivity contribution is 5.38. The van der Waals surface area contributed by atoms with Gasteiger partial charge in [-0.05, 0) is 37.6 Å². The largest absolute Gasteiger partial charge is 0.497 e. The maximum absolute atomic E-state index is 10.5. The van der Waals surface area contributed by atoms with Crippen LogP contribution in [0, 0.1) is 0 Å². The van der Waals surface area contributed by atoms with E-state index in [4.69, 9.17) is 9.47 Å². The SMILES string of the molecule is COc1cc(CN(C)CC2(O)CCCC2)cc(OC)c1. The normalized spacial score (nSPS) is 17.4. The molecule has 0 spiro atoms. The fraction of sp³-hybridized carbons (Fsp3) is 0.625. The third kappa shape index (κ3) is 3.87. The molecular formula is C16H25NO3. The maximum atomic E-state index is 10.5. The predicted octanol–water partition coefficient (Wildman–Crippen LogP) is 2.44. The van der Waals surface area contributed by atoms with Crippen molar-refractivity contribution in [2.75, 3.05) is 27.8 Å². The van der Waals surface area contributed by atoms with Crippen LogP contribution in [0.5, 0.6) is 11.5 Å². The van der Waals surface area contributed by atoms with Gasteiger partial charge in [0.05, 0.1) is 19.8 Å². The van der Waals surface area contributed by atoms with Crippen molar-refractivity contribution in [1.29, 1.82) is 0 Å². The maximum Gasteiger partial charge on any atom is 0.122 e. The van der Waals surface area contributed by atoms with Gasteiger partial charge in [0.1, 0.15) is 11.5 Å². The highest BCUT2D eigenvalue weighted by Gasteiger charge is 2.32. The van der Waals surface area contributed by atoms with E-state index in [-0.39, 0.29) is 0 Å². The summed E-state index contributed by atoms with van der Waals surface area (Å²) in [5.74, 6) is 1.60. The summed E-state index contributed by atoms with van der Waals surface area (Å²) < 4.78 is 10.6. The van der Waals surface area contributed by atoms with Crippen molar-refractivity contribution < 1.29 is 14.6 Å². The van der Waals surface area contributed by atoms with E-state index in [0.29, 0.717) is 6.54 Å². The number of benzene rings is 1. The molecule has 20 heavy (non-hydrogen) atoms. The summed E-state index contributed by atoms with van der Waals surface area (Å²) in [6.45, 7) is 1.49. The molecule has 1 aliphatic rings. The average Bonchev–Trinajstić information content (AvgIpc) is 2.84. The number of hydrogen-bond acceptors (Lipinski definition) is 4. The van der Waals surface area contributed by atoms with E-state index in [1.165, 1.54) is 0 Å². The van der Waals surface area contributed by atoms with Crippen LogP contribution in [0.25, 0.3) is 0 Å². The highest BCUT2D eigenvalue weighted by Crippen LogP contribution is 2.30. The Labute approximate surface area is 121 Å². The smallest absolute Gasteiger partial charge is 0.122 e. The molecule has 0 bridgehead atoms. The lowest BCUT2D eigenvalue weighted by Gasteiger charge is -2.28. The molecule has 0 unspecified atom stereocenters. The molecule has 0 saturated heterocycles. The van der Waals surface area contributed by atoms with Gasteiger partial charge in [0.2, 0.25) is 0 Å². The minimum absolute atomic E-state index is 0.502. The van der Waals surface area contributed by atoms with E-state index < -0.39 is 5.60 Å². The molecule has 0 aromatic heterocycles. The summed E-state index contributed by atoms with van der Waals surface area (Å²) in [5, 5.41) is 10.5. The lowest BCUT2D eigenvalue weighted by molar-refractivity contribution is 0.0145. The molecule has 0 amide bonds. The Morgan fingerprint density at radius 1 is 1.10 bits per heavy atom. The average molecular weight is 279 g/mol. The minimum atomic E-state index is -0.502. The lowest BCUT2D eigenvalue weighted by atomic mass is 10.0. The first-order valence-electron chi connectivity index (χ1n) is 7.17. The van der Waals surface area contributed by atoms with E-state index in [1.54, 1.807) is 14.2 Å². The van der Waals surface area contributed by atoms with E-state index in [2.05, 4.69) is 4.90 Å². The molecule has 2 rings (SSSR count). The van der Waals surface area contributed by atoms with Crippen molar-refractivity contribution in [3.05, 3.63) is 23.8 Å². The van der Waals surface area contributed by atoms with Crippen molar-refractivity contribution in [2.24, 2.45) is 0 Å². The Balaban J connectivity index is 2.01. The predicted molar refractivity (Wildman–Crippen MR) is 79.3 cm³/mol. The third-order valence-corrected chi connectivity index (χ3v) is 3.96. The van der Waals surface area contributed by atoms with Gasteiger partial charge in [-0.25, -0.2) is 0 Å². The Bertz CT molecular complexity index is 419. The van der Waals surface area contributed by atoms with Crippen LogP contribution in [0.3, 0.4) is 0 Å². The fourth-order valence-electron chi connectivity index (χ4n) is 3.02. The molecule has 0 radical (unpaired) electrons. The second-order valence-corrected chi connectivity index (χ2v) is 5.82. The van der Waals surface area contributed by atoms with Crippen LogP contribution in [-0.2, 0) is 6.54 Å². The molecule has 1 aliphatic carbocycles. The van der Waals surface area contributed by atoms with Crippen LogP contribution in [0.15, 0.2) is 18.2 Å². The topological polar surface area (TPSA) is 41.9 Å². The zero-order valence-corrected chi connectivity index (χ0v) is 12.7. The van der Waals surface area contributed by atoms with Gasteiger partial charge in [0.15, 0.2) is 0 Å². The van der Waals surface area contributed by atoms with Gasteiger partial charge in [-0.15, -0.1) is 0 Å². The number of methoxy groups -OCH3 is 2. The van der Waals surface area contributed by atoms with Gasteiger partial charge >= 0.3 is 0 Å². The summed E-state index contributed by atoms with van der Waals surface area (Å²) in [5.41, 5.74) is 0.628. The number of hydrogen-bond donors (Lipinski definition) is 1. The monoisotopic (exact) mass is 279 g/mol. The first kappa shape index (κ1) is 15.1. The Kier molecular flexibility index (Phi) is 4.89. The molecule has 0 heterocycles. The molecule has 1 fully saturated rings. The van der Waals surface area contributed by atoms with Gasteiger partial charge in [-0.1, -0.05) is 12.8 Å². The fourth-order valence-corrected chi connectivity index (χ4v) is 3.02. The zero-order valence-electron chi connectivity index (χ0n) is 12.7. The number of rotatable bonds is 6. The Morgan fingerprint density at radius 3 is 2.15 bits per heavy atom. The number of aliphatic hydroxyl groups is 1. The van der Waals surface area contributed by atoms with Gasteiger partial charge in [-0.3, -0.25) is 4.90 Å². The molecule has 4 nitrogen and oxygen atoms in total. The zero-order chi connectivity index (χ0) is 14.6. The number of likely N-dealkylation sites (N-methyl/N-ethyl adjacent to an activating group) is 1. The lowest BCUT2D eigenvalue weighted by Crippen LogP contribution is -2.38. The number of nitrogens with zero attached hydrogens (tertiary/aromatic N) is 1. The van der Waals surface area contributed by atoms with Gasteiger partial charge < -0.3 is 14.6 Å². The van der Waals surface area contributed by atoms with Crippen LogP contribution < -0.4 is 9.47 Å². The second kappa shape index (κ2) is 6.46. The summed E-state index contributed by atoms with van der Waals surface area (Å²) in [7, 11) is 5.36. The molecule has 112 valence electrons. The van der Waals surface area contributed by atoms with Gasteiger partial charge in [0, 0.05) is 19.2 Å². The molecule has 0 atom stereocenters. The van der Waals surface area contributed by atoms with E-state index in [9.17, 15) is 5.11 Å². The van der Waals surface area contributed by atoms with Crippen LogP contribution >= 0.6 is 0 Å². The van der Waals surface area contributed by atoms with Crippen molar-refractivity contribution in [1.82, 2.24) is 4.90 Å². The van der Waals surface area contributed by atoms with Crippen molar-refractivity contribution in [2.45, 2.75) is 37.8 Å². The van der Waals surface area contributed by atoms with E-state index in [1.807, 2.05) is 25.2 Å². The first-order valence-corrected chi connectivity index (χ1v) is 7.17. The summed E-state index contributed by atoms with van der Waals surface area (Å²) in [6.07, 6.45) is 4.10. The van der Waals surface area contributed by atoms with Crippen molar-refractivity contribution in [3.63, 3.8) is 0 Å². The molecule has 1 N–H and O–H groups in total. The van der Waals surface area contributed by atoms with Crippen molar-refractivity contribution in [3.8, 4) is 11.5 Å². The molecule has 0 aliphatic heterocycles. The van der Waals surface area contributed by atoms with Crippen molar-refractivity contribution >= 4 is 0 Å². The van der Waals surface area contributed by atoms with Crippen LogP contribution in [0.2, 0.25) is 0 Å². The second-order valence-electron chi connectivity index (χ2n) is 5.82. The summed E-state index contributed by atoms with van der Waals surface area (Å²) in [4.78, 5) is 2.17. The molecule has 4 heteroatoms. The van der Waals surface area contributed by atoms with Crippen LogP contribution in [0.4, 0.5) is 0 Å². The summed E-state index contributed by atoms with van der Waals surface area (Å²) in [6, 6.07) is 5.89. The summed E-state index contributed by atoms with van der Waals surface area (Å²) >= 11 is 0. The third-order valence-electron chi connectivity index (χ3n) is 3.96. The molecule has 1 aromatic rings. The van der Waals surface area contributed by atoms with Gasteiger partial charge in [0.25, 0.3) is 0 Å². The minimum Gasteiger partial charge on any atom is -0.497 e. The Hall–Kier alpha value is -1.26. The van der Waals surface area contributed by atoms with Crippen LogP contribution in [0.1, 0.15) is 31.2 Å². The van der Waals surface area contributed by atoms with Crippen LogP contribution in [-0.4, -0.2) is 43.4 Å². The first-order chi connectivity index (χ1) is 9.54. The highest BCUT2D eigenvalue weighted by atomic mass is 16.5. The van der Waals surface area contributed by atoms with Gasteiger partial charge in [-0.2, -0.15) is 0 Å². The molecule has 1 saturated carbocycles. The number of ether oxygens (including phenoxy) is 2.